The smallest absolute Gasteiger partial charge is 0.266 e. The Hall–Kier alpha value is -1.90. The number of benzene rings is 1. The van der Waals surface area contributed by atoms with Crippen molar-refractivity contribution in [2.45, 2.75) is 6.04 Å². The molecule has 22 heavy (non-hydrogen) atoms. The maximum Gasteiger partial charge on any atom is 0.266 e. The Morgan fingerprint density at radius 1 is 1.55 bits per heavy atom. The lowest BCUT2D eigenvalue weighted by molar-refractivity contribution is -0.311. The van der Waals surface area contributed by atoms with E-state index >= 15 is 0 Å². The van der Waals surface area contributed by atoms with Crippen LogP contribution in [-0.4, -0.2) is 46.0 Å². The van der Waals surface area contributed by atoms with Crippen LogP contribution < -0.4 is 9.84 Å². The summed E-state index contributed by atoms with van der Waals surface area (Å²) in [5, 5.41) is 20.1. The number of hydrogen-bond acceptors (Lipinski definition) is 7. The average Bonchev–Trinajstić information content (AvgIpc) is 2.76. The van der Waals surface area contributed by atoms with E-state index in [1.54, 1.807) is 30.3 Å². The van der Waals surface area contributed by atoms with Gasteiger partial charge in [-0.1, -0.05) is 42.2 Å². The molecule has 0 saturated carbocycles. The van der Waals surface area contributed by atoms with Crippen molar-refractivity contribution in [3.63, 3.8) is 0 Å². The Bertz CT molecular complexity index is 658. The number of carboxylic acids is 1. The molecule has 0 unspecified atom stereocenters. The maximum atomic E-state index is 12.3. The van der Waals surface area contributed by atoms with Crippen LogP contribution in [0.15, 0.2) is 29.2 Å². The molecule has 2 rings (SSSR count). The van der Waals surface area contributed by atoms with E-state index in [-0.39, 0.29) is 9.23 Å². The zero-order chi connectivity index (χ0) is 16.3. The number of hydrogen-bond donors (Lipinski definition) is 1. The zero-order valence-corrected chi connectivity index (χ0v) is 13.1. The first kappa shape index (κ1) is 16.5. The van der Waals surface area contributed by atoms with Crippen LogP contribution in [0, 0.1) is 0 Å². The Labute approximate surface area is 136 Å². The van der Waals surface area contributed by atoms with Gasteiger partial charge in [0.05, 0.1) is 24.6 Å². The lowest BCUT2D eigenvalue weighted by Gasteiger charge is -2.25. The number of amides is 1. The van der Waals surface area contributed by atoms with E-state index in [1.165, 1.54) is 7.11 Å². The fourth-order valence-corrected chi connectivity index (χ4v) is 3.28. The fraction of sp³-hybridized carbons (Fsp3) is 0.214. The van der Waals surface area contributed by atoms with Gasteiger partial charge in [0.25, 0.3) is 5.91 Å². The molecule has 116 valence electrons. The number of aliphatic hydroxyl groups is 1. The summed E-state index contributed by atoms with van der Waals surface area (Å²) in [6, 6.07) is 5.58. The normalized spacial score (nSPS) is 17.9. The van der Waals surface area contributed by atoms with Gasteiger partial charge in [-0.05, 0) is 12.1 Å². The minimum absolute atomic E-state index is 0.0643. The molecule has 1 heterocycles. The van der Waals surface area contributed by atoms with Crippen molar-refractivity contribution < 1.29 is 24.5 Å². The molecule has 1 aliphatic heterocycles. The molecule has 0 aromatic heterocycles. The Balaban J connectivity index is 2.35. The largest absolute Gasteiger partial charge is 0.548 e. The first-order chi connectivity index (χ1) is 10.5. The number of rotatable bonds is 5. The highest BCUT2D eigenvalue weighted by atomic mass is 32.2. The number of carbonyl (C=O) groups is 2. The van der Waals surface area contributed by atoms with E-state index in [1.807, 2.05) is 0 Å². The van der Waals surface area contributed by atoms with E-state index in [2.05, 4.69) is 0 Å². The summed E-state index contributed by atoms with van der Waals surface area (Å²) < 4.78 is 5.26. The second-order valence-electron chi connectivity index (χ2n) is 4.31. The van der Waals surface area contributed by atoms with E-state index in [0.717, 1.165) is 16.7 Å². The molecule has 6 nitrogen and oxygen atoms in total. The lowest BCUT2D eigenvalue weighted by atomic mass is 10.2. The lowest BCUT2D eigenvalue weighted by Crippen LogP contribution is -2.51. The number of aliphatic hydroxyl groups excluding tert-OH is 1. The molecular formula is C14H12NO5S2-. The number of methoxy groups -OCH3 is 1. The van der Waals surface area contributed by atoms with Crippen LogP contribution >= 0.6 is 24.0 Å². The molecule has 8 heteroatoms. The van der Waals surface area contributed by atoms with Gasteiger partial charge in [0.2, 0.25) is 0 Å². The fourth-order valence-electron chi connectivity index (χ4n) is 1.94. The first-order valence-corrected chi connectivity index (χ1v) is 7.44. The third-order valence-corrected chi connectivity index (χ3v) is 4.34. The SMILES string of the molecule is COc1ccccc1/C=C1\SC(=S)N([C@@H](CO)C(=O)[O-])C1=O. The number of ether oxygens (including phenoxy) is 1. The van der Waals surface area contributed by atoms with Crippen molar-refractivity contribution in [1.82, 2.24) is 4.90 Å². The predicted molar refractivity (Wildman–Crippen MR) is 83.9 cm³/mol. The molecule has 1 saturated heterocycles. The summed E-state index contributed by atoms with van der Waals surface area (Å²) >= 11 is 6.00. The van der Waals surface area contributed by atoms with Gasteiger partial charge in [0.1, 0.15) is 16.1 Å². The first-order valence-electron chi connectivity index (χ1n) is 6.21. The van der Waals surface area contributed by atoms with E-state index < -0.39 is 24.5 Å². The summed E-state index contributed by atoms with van der Waals surface area (Å²) in [6.07, 6.45) is 1.57. The number of thiocarbonyl (C=S) groups is 1. The quantitative estimate of drug-likeness (QED) is 0.597. The average molecular weight is 338 g/mol. The van der Waals surface area contributed by atoms with Crippen molar-refractivity contribution in [2.75, 3.05) is 13.7 Å². The van der Waals surface area contributed by atoms with Crippen molar-refractivity contribution >= 4 is 46.3 Å². The summed E-state index contributed by atoms with van der Waals surface area (Å²) in [4.78, 5) is 24.4. The Morgan fingerprint density at radius 2 is 2.23 bits per heavy atom. The van der Waals surface area contributed by atoms with Gasteiger partial charge >= 0.3 is 0 Å². The van der Waals surface area contributed by atoms with Crippen LogP contribution in [0.5, 0.6) is 5.75 Å². The molecule has 1 aromatic rings. The van der Waals surface area contributed by atoms with Crippen LogP contribution in [0.3, 0.4) is 0 Å². The molecule has 0 aliphatic carbocycles. The molecule has 1 fully saturated rings. The summed E-state index contributed by atoms with van der Waals surface area (Å²) in [6.45, 7) is -0.767. The molecule has 1 amide bonds. The summed E-state index contributed by atoms with van der Waals surface area (Å²) in [7, 11) is 1.51. The second kappa shape index (κ2) is 6.91. The van der Waals surface area contributed by atoms with Crippen LogP contribution in [-0.2, 0) is 9.59 Å². The van der Waals surface area contributed by atoms with Crippen LogP contribution in [0.25, 0.3) is 6.08 Å². The Morgan fingerprint density at radius 3 is 2.82 bits per heavy atom. The van der Waals surface area contributed by atoms with Gasteiger partial charge in [0.15, 0.2) is 0 Å². The molecular weight excluding hydrogens is 326 g/mol. The summed E-state index contributed by atoms with van der Waals surface area (Å²) in [5.74, 6) is -1.56. The number of thioether (sulfide) groups is 1. The van der Waals surface area contributed by atoms with Gasteiger partial charge in [-0.15, -0.1) is 0 Å². The molecule has 1 N–H and O–H groups in total. The van der Waals surface area contributed by atoms with Gasteiger partial charge in [0, 0.05) is 5.56 Å². The predicted octanol–water partition coefficient (Wildman–Crippen LogP) is 0.00720. The third kappa shape index (κ3) is 3.13. The molecule has 0 spiro atoms. The number of carboxylic acid groups (broad SMARTS) is 1. The molecule has 0 bridgehead atoms. The minimum atomic E-state index is -1.56. The molecule has 1 aliphatic rings. The highest BCUT2D eigenvalue weighted by Crippen LogP contribution is 2.35. The van der Waals surface area contributed by atoms with Crippen molar-refractivity contribution in [3.05, 3.63) is 34.7 Å². The zero-order valence-electron chi connectivity index (χ0n) is 11.5. The standard InChI is InChI=1S/C14H13NO5S2/c1-20-10-5-3-2-4-8(10)6-11-12(17)15(14(21)22-11)9(7-16)13(18)19/h2-6,9,16H,7H2,1H3,(H,18,19)/p-1/b11-6-/t9-/m0/s1. The van der Waals surface area contributed by atoms with Gasteiger partial charge in [-0.2, -0.15) is 0 Å². The van der Waals surface area contributed by atoms with Gasteiger partial charge in [-0.3, -0.25) is 9.69 Å². The van der Waals surface area contributed by atoms with Crippen LogP contribution in [0.4, 0.5) is 0 Å². The van der Waals surface area contributed by atoms with Gasteiger partial charge in [-0.25, -0.2) is 0 Å². The number of aliphatic carboxylic acids is 1. The van der Waals surface area contributed by atoms with Crippen molar-refractivity contribution in [2.24, 2.45) is 0 Å². The second-order valence-corrected chi connectivity index (χ2v) is 5.99. The van der Waals surface area contributed by atoms with Crippen molar-refractivity contribution in [3.8, 4) is 5.75 Å². The number of carbonyl (C=O) groups excluding carboxylic acids is 2. The Kier molecular flexibility index (Phi) is 5.17. The maximum absolute atomic E-state index is 12.3. The van der Waals surface area contributed by atoms with Gasteiger partial charge < -0.3 is 19.7 Å². The summed E-state index contributed by atoms with van der Waals surface area (Å²) in [5.41, 5.74) is 0.666. The molecule has 0 radical (unpaired) electrons. The highest BCUT2D eigenvalue weighted by Gasteiger charge is 2.37. The van der Waals surface area contributed by atoms with E-state index in [0.29, 0.717) is 11.3 Å². The van der Waals surface area contributed by atoms with E-state index in [4.69, 9.17) is 22.1 Å². The minimum Gasteiger partial charge on any atom is -0.548 e. The van der Waals surface area contributed by atoms with E-state index in [9.17, 15) is 14.7 Å². The number of para-hydroxylation sites is 1. The van der Waals surface area contributed by atoms with Crippen molar-refractivity contribution in [1.29, 1.82) is 0 Å². The third-order valence-electron chi connectivity index (χ3n) is 3.01. The topological polar surface area (TPSA) is 89.9 Å². The molecule has 1 atom stereocenters. The van der Waals surface area contributed by atoms with Crippen LogP contribution in [0.1, 0.15) is 5.56 Å². The molecule has 1 aromatic carbocycles. The van der Waals surface area contributed by atoms with Crippen LogP contribution in [0.2, 0.25) is 0 Å². The number of nitrogens with zero attached hydrogens (tertiary/aromatic N) is 1. The monoisotopic (exact) mass is 338 g/mol. The highest BCUT2D eigenvalue weighted by molar-refractivity contribution is 8.26.